The largest absolute Gasteiger partial charge is 0.256 e. The normalized spacial score (nSPS) is 11.3. The summed E-state index contributed by atoms with van der Waals surface area (Å²) in [6.07, 6.45) is 1.73. The second-order valence-electron chi connectivity index (χ2n) is 9.08. The Balaban J connectivity index is 1.70. The highest BCUT2D eigenvalue weighted by Crippen LogP contribution is 2.56. The van der Waals surface area contributed by atoms with Crippen LogP contribution in [-0.2, 0) is 0 Å². The van der Waals surface area contributed by atoms with Crippen LogP contribution in [0.2, 0.25) is 0 Å². The highest BCUT2D eigenvalue weighted by Gasteiger charge is 2.30. The SMILES string of the molecule is N#Cc1ccnc(-c2cc(-c3ccccc3)c3c(c2-c2ccccc2)-c2cccc4cccc-3c24)c1. The van der Waals surface area contributed by atoms with E-state index in [0.29, 0.717) is 5.56 Å². The van der Waals surface area contributed by atoms with E-state index in [1.807, 2.05) is 12.1 Å². The summed E-state index contributed by atoms with van der Waals surface area (Å²) in [4.78, 5) is 4.75. The summed E-state index contributed by atoms with van der Waals surface area (Å²) in [7, 11) is 0. The topological polar surface area (TPSA) is 36.7 Å². The first-order chi connectivity index (χ1) is 17.8. The van der Waals surface area contributed by atoms with Gasteiger partial charge in [0.2, 0.25) is 0 Å². The van der Waals surface area contributed by atoms with E-state index in [1.165, 1.54) is 38.6 Å². The van der Waals surface area contributed by atoms with Crippen molar-refractivity contribution in [1.82, 2.24) is 4.98 Å². The molecule has 0 atom stereocenters. The lowest BCUT2D eigenvalue weighted by molar-refractivity contribution is 1.31. The summed E-state index contributed by atoms with van der Waals surface area (Å²) < 4.78 is 0. The Labute approximate surface area is 209 Å². The van der Waals surface area contributed by atoms with Crippen molar-refractivity contribution in [2.24, 2.45) is 0 Å². The Morgan fingerprint density at radius 1 is 0.528 bits per heavy atom. The molecule has 2 nitrogen and oxygen atoms in total. The molecule has 5 aromatic carbocycles. The molecule has 0 fully saturated rings. The third-order valence-corrected chi connectivity index (χ3v) is 7.08. The second kappa shape index (κ2) is 8.05. The molecule has 0 radical (unpaired) electrons. The predicted molar refractivity (Wildman–Crippen MR) is 147 cm³/mol. The third-order valence-electron chi connectivity index (χ3n) is 7.08. The van der Waals surface area contributed by atoms with Gasteiger partial charge in [0.1, 0.15) is 0 Å². The van der Waals surface area contributed by atoms with E-state index in [9.17, 15) is 5.26 Å². The lowest BCUT2D eigenvalue weighted by atomic mass is 9.83. The van der Waals surface area contributed by atoms with Gasteiger partial charge in [-0.1, -0.05) is 97.1 Å². The Hall–Kier alpha value is -5.00. The molecule has 0 saturated carbocycles. The Kier molecular flexibility index (Phi) is 4.55. The Morgan fingerprint density at radius 2 is 1.19 bits per heavy atom. The molecule has 1 aliphatic rings. The van der Waals surface area contributed by atoms with Crippen molar-refractivity contribution in [3.63, 3.8) is 0 Å². The number of nitriles is 1. The molecule has 1 heterocycles. The minimum atomic E-state index is 0.603. The molecular formula is C34H20N2. The van der Waals surface area contributed by atoms with Crippen LogP contribution in [0.1, 0.15) is 5.56 Å². The van der Waals surface area contributed by atoms with Crippen molar-refractivity contribution in [3.8, 4) is 61.8 Å². The number of hydrogen-bond acceptors (Lipinski definition) is 2. The maximum absolute atomic E-state index is 9.62. The van der Waals surface area contributed by atoms with Gasteiger partial charge < -0.3 is 0 Å². The van der Waals surface area contributed by atoms with Gasteiger partial charge in [-0.2, -0.15) is 5.26 Å². The minimum Gasteiger partial charge on any atom is -0.256 e. The first-order valence-electron chi connectivity index (χ1n) is 12.0. The standard InChI is InChI=1S/C34H20N2/c35-21-22-17-18-36-30(19-22)29-20-28(23-9-3-1-4-10-23)33-26-15-7-13-24-14-8-16-27(31(24)26)34(33)32(29)25-11-5-2-6-12-25/h1-20H. The third kappa shape index (κ3) is 3.00. The van der Waals surface area contributed by atoms with Crippen molar-refractivity contribution in [3.05, 3.63) is 127 Å². The fraction of sp³-hybridized carbons (Fsp3) is 0. The number of nitrogens with zero attached hydrogens (tertiary/aromatic N) is 2. The fourth-order valence-electron chi connectivity index (χ4n) is 5.59. The number of benzene rings is 5. The summed E-state index contributed by atoms with van der Waals surface area (Å²) >= 11 is 0. The molecule has 1 aromatic heterocycles. The first kappa shape index (κ1) is 20.4. The summed E-state index contributed by atoms with van der Waals surface area (Å²) in [5, 5.41) is 12.2. The van der Waals surface area contributed by atoms with Crippen LogP contribution in [0.5, 0.6) is 0 Å². The van der Waals surface area contributed by atoms with E-state index in [4.69, 9.17) is 4.98 Å². The van der Waals surface area contributed by atoms with Gasteiger partial charge in [-0.25, -0.2) is 0 Å². The van der Waals surface area contributed by atoms with Gasteiger partial charge in [0.25, 0.3) is 0 Å². The van der Waals surface area contributed by atoms with Crippen LogP contribution in [0.15, 0.2) is 121 Å². The van der Waals surface area contributed by atoms with Crippen LogP contribution in [0.4, 0.5) is 0 Å². The van der Waals surface area contributed by atoms with Crippen molar-refractivity contribution < 1.29 is 0 Å². The highest BCUT2D eigenvalue weighted by molar-refractivity contribution is 6.22. The van der Waals surface area contributed by atoms with Crippen molar-refractivity contribution in [2.75, 3.05) is 0 Å². The summed E-state index contributed by atoms with van der Waals surface area (Å²) in [6.45, 7) is 0. The number of hydrogen-bond donors (Lipinski definition) is 0. The molecule has 0 bridgehead atoms. The monoisotopic (exact) mass is 456 g/mol. The number of rotatable bonds is 3. The maximum atomic E-state index is 9.62. The molecule has 0 spiro atoms. The second-order valence-corrected chi connectivity index (χ2v) is 9.08. The van der Waals surface area contributed by atoms with Gasteiger partial charge in [0.15, 0.2) is 0 Å². The maximum Gasteiger partial charge on any atom is 0.0992 e. The molecule has 166 valence electrons. The zero-order valence-corrected chi connectivity index (χ0v) is 19.4. The van der Waals surface area contributed by atoms with Gasteiger partial charge in [-0.15, -0.1) is 0 Å². The lowest BCUT2D eigenvalue weighted by Crippen LogP contribution is -1.96. The first-order valence-corrected chi connectivity index (χ1v) is 12.0. The molecule has 7 rings (SSSR count). The van der Waals surface area contributed by atoms with E-state index in [1.54, 1.807) is 12.3 Å². The number of pyridine rings is 1. The summed E-state index contributed by atoms with van der Waals surface area (Å²) in [5.74, 6) is 0. The van der Waals surface area contributed by atoms with Crippen molar-refractivity contribution in [1.29, 1.82) is 5.26 Å². The highest BCUT2D eigenvalue weighted by atomic mass is 14.7. The summed E-state index contributed by atoms with van der Waals surface area (Å²) in [6, 6.07) is 42.5. The van der Waals surface area contributed by atoms with Crippen LogP contribution in [0, 0.1) is 11.3 Å². The van der Waals surface area contributed by atoms with Crippen LogP contribution in [0.3, 0.4) is 0 Å². The van der Waals surface area contributed by atoms with E-state index in [2.05, 4.69) is 103 Å². The van der Waals surface area contributed by atoms with Crippen LogP contribution >= 0.6 is 0 Å². The molecule has 0 amide bonds. The van der Waals surface area contributed by atoms with Gasteiger partial charge in [0.05, 0.1) is 17.3 Å². The van der Waals surface area contributed by atoms with E-state index in [-0.39, 0.29) is 0 Å². The van der Waals surface area contributed by atoms with Crippen LogP contribution in [0.25, 0.3) is 66.5 Å². The van der Waals surface area contributed by atoms with Gasteiger partial charge >= 0.3 is 0 Å². The molecule has 36 heavy (non-hydrogen) atoms. The Morgan fingerprint density at radius 3 is 1.89 bits per heavy atom. The fourth-order valence-corrected chi connectivity index (χ4v) is 5.59. The average molecular weight is 457 g/mol. The van der Waals surface area contributed by atoms with Crippen molar-refractivity contribution in [2.45, 2.75) is 0 Å². The molecule has 0 unspecified atom stereocenters. The molecule has 2 heteroatoms. The van der Waals surface area contributed by atoms with Crippen molar-refractivity contribution >= 4 is 10.8 Å². The average Bonchev–Trinajstić information content (AvgIpc) is 3.29. The van der Waals surface area contributed by atoms with Gasteiger partial charge in [-0.05, 0) is 73.5 Å². The van der Waals surface area contributed by atoms with Gasteiger partial charge in [0, 0.05) is 11.8 Å². The molecular weight excluding hydrogens is 436 g/mol. The zero-order valence-electron chi connectivity index (χ0n) is 19.4. The Bertz CT molecular complexity index is 1820. The molecule has 6 aromatic rings. The van der Waals surface area contributed by atoms with Crippen LogP contribution in [-0.4, -0.2) is 4.98 Å². The van der Waals surface area contributed by atoms with E-state index >= 15 is 0 Å². The van der Waals surface area contributed by atoms with Crippen LogP contribution < -0.4 is 0 Å². The van der Waals surface area contributed by atoms with Gasteiger partial charge in [-0.3, -0.25) is 4.98 Å². The predicted octanol–water partition coefficient (Wildman–Crippen LogP) is 8.75. The number of fused-ring (bicyclic) bond motifs is 3. The number of aromatic nitrogens is 1. The molecule has 0 saturated heterocycles. The quantitative estimate of drug-likeness (QED) is 0.266. The zero-order chi connectivity index (χ0) is 24.1. The lowest BCUT2D eigenvalue weighted by Gasteiger charge is -2.20. The smallest absolute Gasteiger partial charge is 0.0992 e. The van der Waals surface area contributed by atoms with E-state index < -0.39 is 0 Å². The molecule has 1 aliphatic carbocycles. The molecule has 0 aliphatic heterocycles. The summed E-state index contributed by atoms with van der Waals surface area (Å²) in [5.41, 5.74) is 12.0. The minimum absolute atomic E-state index is 0.603. The van der Waals surface area contributed by atoms with E-state index in [0.717, 1.165) is 27.9 Å². The molecule has 0 N–H and O–H groups in total.